The molecule has 1 aromatic carbocycles. The first-order valence-corrected chi connectivity index (χ1v) is 6.66. The third-order valence-electron chi connectivity index (χ3n) is 3.96. The van der Waals surface area contributed by atoms with Gasteiger partial charge in [0.2, 0.25) is 0 Å². The topological polar surface area (TPSA) is 75.1 Å². The Morgan fingerprint density at radius 3 is 2.60 bits per heavy atom. The number of carboxylic acid groups (broad SMARTS) is 1. The van der Waals surface area contributed by atoms with Gasteiger partial charge in [-0.25, -0.2) is 9.59 Å². The zero-order chi connectivity index (χ0) is 15.1. The van der Waals surface area contributed by atoms with Crippen molar-refractivity contribution in [3.8, 4) is 0 Å². The van der Waals surface area contributed by atoms with Crippen LogP contribution in [0.4, 0.5) is 0 Å². The predicted molar refractivity (Wildman–Crippen MR) is 78.1 cm³/mol. The fraction of sp³-hybridized carbons (Fsp3) is 0.467. The molecular weight excluding hydrogens is 256 g/mol. The summed E-state index contributed by atoms with van der Waals surface area (Å²) < 4.78 is 1.62. The van der Waals surface area contributed by atoms with Crippen LogP contribution in [0.5, 0.6) is 0 Å². The molecule has 0 saturated carbocycles. The first-order valence-electron chi connectivity index (χ1n) is 6.66. The largest absolute Gasteiger partial charge is 0.478 e. The number of hydrogen-bond donors (Lipinski definition) is 2. The number of aromatic amines is 1. The van der Waals surface area contributed by atoms with E-state index in [1.165, 1.54) is 6.07 Å². The van der Waals surface area contributed by atoms with Gasteiger partial charge in [0.05, 0.1) is 16.6 Å². The molecule has 5 heteroatoms. The molecule has 1 unspecified atom stereocenters. The van der Waals surface area contributed by atoms with Crippen LogP contribution in [0, 0.1) is 11.3 Å². The summed E-state index contributed by atoms with van der Waals surface area (Å²) in [6, 6.07) is 4.68. The fourth-order valence-corrected chi connectivity index (χ4v) is 2.01. The number of rotatable bonds is 3. The van der Waals surface area contributed by atoms with Gasteiger partial charge in [-0.15, -0.1) is 0 Å². The average molecular weight is 276 g/mol. The quantitative estimate of drug-likeness (QED) is 0.905. The van der Waals surface area contributed by atoms with Crippen LogP contribution in [0.15, 0.2) is 23.0 Å². The van der Waals surface area contributed by atoms with Gasteiger partial charge < -0.3 is 10.1 Å². The molecule has 1 heterocycles. The van der Waals surface area contributed by atoms with Gasteiger partial charge in [0, 0.05) is 6.54 Å². The summed E-state index contributed by atoms with van der Waals surface area (Å²) in [6.45, 7) is 9.03. The third kappa shape index (κ3) is 2.61. The number of hydrogen-bond acceptors (Lipinski definition) is 2. The highest BCUT2D eigenvalue weighted by Gasteiger charge is 2.22. The molecule has 0 saturated heterocycles. The summed E-state index contributed by atoms with van der Waals surface area (Å²) in [5.41, 5.74) is 1.38. The van der Waals surface area contributed by atoms with E-state index >= 15 is 0 Å². The minimum Gasteiger partial charge on any atom is -0.478 e. The van der Waals surface area contributed by atoms with E-state index in [4.69, 9.17) is 5.11 Å². The van der Waals surface area contributed by atoms with Crippen molar-refractivity contribution in [2.75, 3.05) is 0 Å². The van der Waals surface area contributed by atoms with Crippen LogP contribution in [0.3, 0.4) is 0 Å². The second-order valence-electron chi connectivity index (χ2n) is 6.34. The first kappa shape index (κ1) is 14.4. The number of aromatic nitrogens is 2. The molecule has 108 valence electrons. The fourth-order valence-electron chi connectivity index (χ4n) is 2.01. The maximum atomic E-state index is 12.0. The number of benzene rings is 1. The molecule has 2 aromatic rings. The van der Waals surface area contributed by atoms with Gasteiger partial charge in [-0.05, 0) is 29.5 Å². The summed E-state index contributed by atoms with van der Waals surface area (Å²) in [5.74, 6) is -0.705. The minimum atomic E-state index is -0.990. The monoisotopic (exact) mass is 276 g/mol. The van der Waals surface area contributed by atoms with E-state index in [1.54, 1.807) is 16.7 Å². The summed E-state index contributed by atoms with van der Waals surface area (Å²) in [7, 11) is 0. The highest BCUT2D eigenvalue weighted by atomic mass is 16.4. The number of carbonyl (C=O) groups is 1. The van der Waals surface area contributed by atoms with Crippen LogP contribution in [0.2, 0.25) is 0 Å². The van der Waals surface area contributed by atoms with Crippen molar-refractivity contribution >= 4 is 17.0 Å². The van der Waals surface area contributed by atoms with Crippen LogP contribution in [-0.4, -0.2) is 20.6 Å². The van der Waals surface area contributed by atoms with E-state index in [-0.39, 0.29) is 22.6 Å². The SMILES string of the molecule is CC(Cn1c(=O)[nH]c2ccc(C(=O)O)cc21)C(C)(C)C. The number of imidazole rings is 1. The molecule has 5 nitrogen and oxygen atoms in total. The molecule has 2 N–H and O–H groups in total. The zero-order valence-electron chi connectivity index (χ0n) is 12.2. The molecule has 1 aromatic heterocycles. The minimum absolute atomic E-state index is 0.0768. The Balaban J connectivity index is 2.52. The number of fused-ring (bicyclic) bond motifs is 1. The second kappa shape index (κ2) is 4.81. The smallest absolute Gasteiger partial charge is 0.335 e. The number of aromatic carboxylic acids is 1. The van der Waals surface area contributed by atoms with Gasteiger partial charge >= 0.3 is 11.7 Å². The lowest BCUT2D eigenvalue weighted by Crippen LogP contribution is -2.27. The van der Waals surface area contributed by atoms with Gasteiger partial charge in [-0.1, -0.05) is 27.7 Å². The highest BCUT2D eigenvalue weighted by Crippen LogP contribution is 2.27. The average Bonchev–Trinajstić information content (AvgIpc) is 2.64. The van der Waals surface area contributed by atoms with E-state index in [0.29, 0.717) is 17.6 Å². The van der Waals surface area contributed by atoms with Crippen molar-refractivity contribution in [1.82, 2.24) is 9.55 Å². The molecule has 0 aliphatic carbocycles. The summed E-state index contributed by atoms with van der Waals surface area (Å²) in [6.07, 6.45) is 0. The maximum Gasteiger partial charge on any atom is 0.335 e. The van der Waals surface area contributed by atoms with Crippen LogP contribution in [-0.2, 0) is 6.54 Å². The molecule has 0 bridgehead atoms. The maximum absolute atomic E-state index is 12.0. The Bertz CT molecular complexity index is 704. The van der Waals surface area contributed by atoms with Crippen molar-refractivity contribution < 1.29 is 9.90 Å². The first-order chi connectivity index (χ1) is 9.20. The molecule has 0 spiro atoms. The predicted octanol–water partition coefficient (Wildman–Crippen LogP) is 2.71. The van der Waals surface area contributed by atoms with Gasteiger partial charge in [-0.3, -0.25) is 4.57 Å². The van der Waals surface area contributed by atoms with Gasteiger partial charge in [0.15, 0.2) is 0 Å². The molecule has 0 fully saturated rings. The van der Waals surface area contributed by atoms with Crippen molar-refractivity contribution in [3.05, 3.63) is 34.2 Å². The van der Waals surface area contributed by atoms with Gasteiger partial charge in [0.1, 0.15) is 0 Å². The Morgan fingerprint density at radius 2 is 2.05 bits per heavy atom. The molecule has 20 heavy (non-hydrogen) atoms. The van der Waals surface area contributed by atoms with E-state index in [0.717, 1.165) is 0 Å². The summed E-state index contributed by atoms with van der Waals surface area (Å²) in [4.78, 5) is 25.9. The van der Waals surface area contributed by atoms with Crippen LogP contribution in [0.1, 0.15) is 38.1 Å². The van der Waals surface area contributed by atoms with Crippen LogP contribution < -0.4 is 5.69 Å². The molecule has 0 radical (unpaired) electrons. The molecule has 0 aliphatic heterocycles. The van der Waals surface area contributed by atoms with Crippen molar-refractivity contribution in [2.24, 2.45) is 11.3 Å². The zero-order valence-corrected chi connectivity index (χ0v) is 12.2. The van der Waals surface area contributed by atoms with Crippen LogP contribution >= 0.6 is 0 Å². The number of nitrogens with zero attached hydrogens (tertiary/aromatic N) is 1. The highest BCUT2D eigenvalue weighted by molar-refractivity contribution is 5.92. The number of H-pyrrole nitrogens is 1. The van der Waals surface area contributed by atoms with Crippen molar-refractivity contribution in [1.29, 1.82) is 0 Å². The molecule has 2 rings (SSSR count). The van der Waals surface area contributed by atoms with E-state index < -0.39 is 5.97 Å². The van der Waals surface area contributed by atoms with E-state index in [1.807, 2.05) is 0 Å². The Morgan fingerprint density at radius 1 is 1.40 bits per heavy atom. The Hall–Kier alpha value is -2.04. The number of carboxylic acids is 1. The molecule has 1 atom stereocenters. The molecule has 0 aliphatic rings. The summed E-state index contributed by atoms with van der Waals surface area (Å²) in [5, 5.41) is 9.06. The van der Waals surface area contributed by atoms with E-state index in [2.05, 4.69) is 32.7 Å². The molecule has 0 amide bonds. The second-order valence-corrected chi connectivity index (χ2v) is 6.34. The molecular formula is C15H20N2O3. The van der Waals surface area contributed by atoms with Crippen LogP contribution in [0.25, 0.3) is 11.0 Å². The van der Waals surface area contributed by atoms with E-state index in [9.17, 15) is 9.59 Å². The normalized spacial score (nSPS) is 13.6. The Kier molecular flexibility index (Phi) is 3.46. The standard InChI is InChI=1S/C15H20N2O3/c1-9(15(2,3)4)8-17-12-7-10(13(18)19)5-6-11(12)16-14(17)20/h5-7,9H,8H2,1-4H3,(H,16,20)(H,18,19). The third-order valence-corrected chi connectivity index (χ3v) is 3.96. The summed E-state index contributed by atoms with van der Waals surface area (Å²) >= 11 is 0. The lowest BCUT2D eigenvalue weighted by atomic mass is 9.82. The number of nitrogens with one attached hydrogen (secondary N) is 1. The Labute approximate surface area is 117 Å². The van der Waals surface area contributed by atoms with Gasteiger partial charge in [-0.2, -0.15) is 0 Å². The van der Waals surface area contributed by atoms with Crippen molar-refractivity contribution in [3.63, 3.8) is 0 Å². The van der Waals surface area contributed by atoms with Crippen molar-refractivity contribution in [2.45, 2.75) is 34.2 Å². The van der Waals surface area contributed by atoms with Gasteiger partial charge in [0.25, 0.3) is 0 Å². The lowest BCUT2D eigenvalue weighted by molar-refractivity contribution is 0.0697. The lowest BCUT2D eigenvalue weighted by Gasteiger charge is -2.27.